The van der Waals surface area contributed by atoms with E-state index in [-0.39, 0.29) is 6.23 Å². The second-order valence-corrected chi connectivity index (χ2v) is 3.44. The van der Waals surface area contributed by atoms with Crippen LogP contribution in [0.3, 0.4) is 0 Å². The van der Waals surface area contributed by atoms with E-state index in [2.05, 4.69) is 5.10 Å². The molecule has 0 aromatic heterocycles. The van der Waals surface area contributed by atoms with E-state index in [1.807, 2.05) is 42.3 Å². The lowest BCUT2D eigenvalue weighted by Crippen LogP contribution is -2.28. The van der Waals surface area contributed by atoms with Gasteiger partial charge in [-0.05, 0) is 19.1 Å². The van der Waals surface area contributed by atoms with Crippen molar-refractivity contribution in [3.8, 4) is 0 Å². The minimum absolute atomic E-state index is 0.155. The fourth-order valence-corrected chi connectivity index (χ4v) is 1.62. The zero-order valence-corrected chi connectivity index (χ0v) is 8.88. The second-order valence-electron chi connectivity index (χ2n) is 3.44. The summed E-state index contributed by atoms with van der Waals surface area (Å²) in [5.41, 5.74) is 2.05. The minimum atomic E-state index is -0.155. The molecule has 4 heteroatoms. The first-order chi connectivity index (χ1) is 7.31. The quantitative estimate of drug-likeness (QED) is 0.561. The fraction of sp³-hybridized carbons (Fsp3) is 0.364. The summed E-state index contributed by atoms with van der Waals surface area (Å²) in [6, 6.07) is 9.91. The Bertz CT molecular complexity index is 351. The molecule has 0 fully saturated rings. The first-order valence-corrected chi connectivity index (χ1v) is 4.89. The summed E-state index contributed by atoms with van der Waals surface area (Å²) in [4.78, 5) is 9.86. The Balaban J connectivity index is 2.19. The van der Waals surface area contributed by atoms with Crippen molar-refractivity contribution in [2.24, 2.45) is 5.10 Å². The molecular formula is C11H14N2O2. The van der Waals surface area contributed by atoms with Gasteiger partial charge in [-0.3, -0.25) is 0 Å². The maximum Gasteiger partial charge on any atom is 0.190 e. The first kappa shape index (κ1) is 10.1. The third kappa shape index (κ3) is 2.16. The van der Waals surface area contributed by atoms with Crippen LogP contribution in [0.25, 0.3) is 0 Å². The van der Waals surface area contributed by atoms with Crippen molar-refractivity contribution in [2.75, 3.05) is 12.1 Å². The van der Waals surface area contributed by atoms with Crippen LogP contribution in [-0.4, -0.2) is 19.0 Å². The summed E-state index contributed by atoms with van der Waals surface area (Å²) in [6.45, 7) is 1.98. The highest BCUT2D eigenvalue weighted by Crippen LogP contribution is 2.24. The normalized spacial score (nSPS) is 20.5. The molecule has 1 aliphatic rings. The Kier molecular flexibility index (Phi) is 2.99. The highest BCUT2D eigenvalue weighted by molar-refractivity contribution is 5.86. The van der Waals surface area contributed by atoms with Crippen LogP contribution in [0.1, 0.15) is 13.3 Å². The average Bonchev–Trinajstić information content (AvgIpc) is 2.62. The van der Waals surface area contributed by atoms with Crippen LogP contribution >= 0.6 is 0 Å². The summed E-state index contributed by atoms with van der Waals surface area (Å²) < 4.78 is 0. The highest BCUT2D eigenvalue weighted by Gasteiger charge is 2.26. The lowest BCUT2D eigenvalue weighted by atomic mass is 10.2. The van der Waals surface area contributed by atoms with Gasteiger partial charge in [0, 0.05) is 12.1 Å². The number of hydrazone groups is 1. The van der Waals surface area contributed by atoms with Crippen LogP contribution in [-0.2, 0) is 9.78 Å². The van der Waals surface area contributed by atoms with Gasteiger partial charge >= 0.3 is 0 Å². The second kappa shape index (κ2) is 4.42. The van der Waals surface area contributed by atoms with E-state index in [1.165, 1.54) is 7.11 Å². The fourth-order valence-electron chi connectivity index (χ4n) is 1.62. The average molecular weight is 206 g/mol. The van der Waals surface area contributed by atoms with E-state index >= 15 is 0 Å². The molecule has 1 aromatic rings. The van der Waals surface area contributed by atoms with Crippen LogP contribution in [0, 0.1) is 0 Å². The molecule has 1 aromatic carbocycles. The van der Waals surface area contributed by atoms with Crippen molar-refractivity contribution >= 4 is 11.4 Å². The van der Waals surface area contributed by atoms with Crippen molar-refractivity contribution in [3.63, 3.8) is 0 Å². The molecule has 0 spiro atoms. The third-order valence-electron chi connectivity index (χ3n) is 2.25. The molecule has 15 heavy (non-hydrogen) atoms. The van der Waals surface area contributed by atoms with Crippen molar-refractivity contribution in [2.45, 2.75) is 19.6 Å². The molecule has 4 nitrogen and oxygen atoms in total. The molecule has 1 aliphatic heterocycles. The van der Waals surface area contributed by atoms with E-state index in [0.717, 1.165) is 17.8 Å². The molecule has 1 heterocycles. The number of hydrogen-bond acceptors (Lipinski definition) is 4. The topological polar surface area (TPSA) is 34.1 Å². The van der Waals surface area contributed by atoms with Crippen molar-refractivity contribution in [1.82, 2.24) is 0 Å². The van der Waals surface area contributed by atoms with Crippen molar-refractivity contribution < 1.29 is 9.78 Å². The van der Waals surface area contributed by atoms with Crippen LogP contribution in [0.2, 0.25) is 0 Å². The van der Waals surface area contributed by atoms with Crippen LogP contribution in [0.15, 0.2) is 35.4 Å². The third-order valence-corrected chi connectivity index (χ3v) is 2.25. The van der Waals surface area contributed by atoms with E-state index in [4.69, 9.17) is 9.78 Å². The monoisotopic (exact) mass is 206 g/mol. The lowest BCUT2D eigenvalue weighted by molar-refractivity contribution is -0.301. The van der Waals surface area contributed by atoms with Gasteiger partial charge in [0.2, 0.25) is 0 Å². The van der Waals surface area contributed by atoms with Crippen LogP contribution in [0.5, 0.6) is 0 Å². The van der Waals surface area contributed by atoms with Gasteiger partial charge in [0.25, 0.3) is 0 Å². The molecule has 0 radical (unpaired) electrons. The van der Waals surface area contributed by atoms with Gasteiger partial charge in [-0.15, -0.1) is 0 Å². The number of benzene rings is 1. The van der Waals surface area contributed by atoms with Gasteiger partial charge in [-0.1, -0.05) is 18.2 Å². The summed E-state index contributed by atoms with van der Waals surface area (Å²) >= 11 is 0. The molecule has 0 saturated heterocycles. The molecule has 80 valence electrons. The zero-order chi connectivity index (χ0) is 10.7. The summed E-state index contributed by atoms with van der Waals surface area (Å²) in [6.07, 6.45) is 0.611. The molecule has 1 atom stereocenters. The predicted molar refractivity (Wildman–Crippen MR) is 58.5 cm³/mol. The maximum atomic E-state index is 5.15. The lowest BCUT2D eigenvalue weighted by Gasteiger charge is -2.21. The standard InChI is InChI=1S/C11H14N2O2/c1-9-8-11(15-14-2)13(12-9)10-6-4-3-5-7-10/h3-7,11H,8H2,1-2H3. The molecule has 0 saturated carbocycles. The van der Waals surface area contributed by atoms with Gasteiger partial charge in [-0.2, -0.15) is 5.10 Å². The number of para-hydroxylation sites is 1. The molecule has 0 N–H and O–H groups in total. The smallest absolute Gasteiger partial charge is 0.190 e. The van der Waals surface area contributed by atoms with Gasteiger partial charge in [-0.25, -0.2) is 14.8 Å². The van der Waals surface area contributed by atoms with Gasteiger partial charge in [0.1, 0.15) is 0 Å². The van der Waals surface area contributed by atoms with E-state index in [1.54, 1.807) is 0 Å². The molecule has 0 aliphatic carbocycles. The number of hydrogen-bond donors (Lipinski definition) is 0. The predicted octanol–water partition coefficient (Wildman–Crippen LogP) is 2.18. The number of nitrogens with zero attached hydrogens (tertiary/aromatic N) is 2. The van der Waals surface area contributed by atoms with Crippen molar-refractivity contribution in [1.29, 1.82) is 0 Å². The summed E-state index contributed by atoms with van der Waals surface area (Å²) in [5.74, 6) is 0. The summed E-state index contributed by atoms with van der Waals surface area (Å²) in [5, 5.41) is 6.24. The van der Waals surface area contributed by atoms with Crippen LogP contribution in [0.4, 0.5) is 5.69 Å². The molecular weight excluding hydrogens is 192 g/mol. The Morgan fingerprint density at radius 2 is 2.07 bits per heavy atom. The molecule has 2 rings (SSSR count). The largest absolute Gasteiger partial charge is 0.238 e. The Morgan fingerprint density at radius 1 is 1.33 bits per heavy atom. The minimum Gasteiger partial charge on any atom is -0.238 e. The molecule has 0 bridgehead atoms. The van der Waals surface area contributed by atoms with E-state index in [9.17, 15) is 0 Å². The first-order valence-electron chi connectivity index (χ1n) is 4.89. The van der Waals surface area contributed by atoms with Crippen LogP contribution < -0.4 is 5.01 Å². The molecule has 0 amide bonds. The van der Waals surface area contributed by atoms with E-state index in [0.29, 0.717) is 0 Å². The number of anilines is 1. The molecule has 1 unspecified atom stereocenters. The van der Waals surface area contributed by atoms with Gasteiger partial charge in [0.05, 0.1) is 12.8 Å². The number of rotatable bonds is 3. The van der Waals surface area contributed by atoms with Gasteiger partial charge < -0.3 is 0 Å². The highest BCUT2D eigenvalue weighted by atomic mass is 17.2. The maximum absolute atomic E-state index is 5.15. The SMILES string of the molecule is COOC1CC(C)=NN1c1ccccc1. The van der Waals surface area contributed by atoms with Gasteiger partial charge in [0.15, 0.2) is 6.23 Å². The van der Waals surface area contributed by atoms with E-state index < -0.39 is 0 Å². The Labute approximate surface area is 89.0 Å². The van der Waals surface area contributed by atoms with Crippen molar-refractivity contribution in [3.05, 3.63) is 30.3 Å². The Morgan fingerprint density at radius 3 is 2.73 bits per heavy atom. The Hall–Kier alpha value is -1.39. The summed E-state index contributed by atoms with van der Waals surface area (Å²) in [7, 11) is 1.51. The zero-order valence-electron chi connectivity index (χ0n) is 8.88.